The molecule has 1 amide bonds. The van der Waals surface area contributed by atoms with Crippen LogP contribution in [0.1, 0.15) is 23.2 Å². The maximum Gasteiger partial charge on any atom is 0.254 e. The Balaban J connectivity index is 1.36. The van der Waals surface area contributed by atoms with Crippen LogP contribution in [0.4, 0.5) is 5.69 Å². The van der Waals surface area contributed by atoms with Gasteiger partial charge in [0, 0.05) is 35.9 Å². The van der Waals surface area contributed by atoms with Gasteiger partial charge in [0.15, 0.2) is 0 Å². The van der Waals surface area contributed by atoms with E-state index in [1.165, 1.54) is 17.4 Å². The Kier molecular flexibility index (Phi) is 6.54. The molecule has 1 aliphatic rings. The topological polar surface area (TPSA) is 54.5 Å². The lowest BCUT2D eigenvalue weighted by atomic mass is 10.0. The number of piperidine rings is 1. The highest BCUT2D eigenvalue weighted by atomic mass is 32.2. The number of rotatable bonds is 6. The molecule has 0 aliphatic carbocycles. The molecule has 3 aromatic rings. The molecule has 0 saturated carbocycles. The number of benzene rings is 2. The third-order valence-corrected chi connectivity index (χ3v) is 6.27. The molecule has 30 heavy (non-hydrogen) atoms. The standard InChI is InChI=1S/C24H25N3O2S/c1-29-20-11-9-19(10-12-20)27-16-13-18(14-17-27)26-23(28)22-8-5-15-25-24(22)30-21-6-3-2-4-7-21/h2-12,15,18H,13-14,16-17H2,1H3,(H,26,28). The van der Waals surface area contributed by atoms with Crippen LogP contribution in [0, 0.1) is 0 Å². The third kappa shape index (κ3) is 4.94. The second kappa shape index (κ2) is 9.67. The first-order valence-electron chi connectivity index (χ1n) is 10.1. The zero-order valence-corrected chi connectivity index (χ0v) is 17.8. The number of pyridine rings is 1. The van der Waals surface area contributed by atoms with E-state index in [1.54, 1.807) is 13.3 Å². The van der Waals surface area contributed by atoms with Crippen LogP contribution in [-0.4, -0.2) is 37.1 Å². The molecular formula is C24H25N3O2S. The molecule has 0 radical (unpaired) electrons. The molecule has 4 rings (SSSR count). The fourth-order valence-corrected chi connectivity index (χ4v) is 4.48. The summed E-state index contributed by atoms with van der Waals surface area (Å²) in [6, 6.07) is 22.0. The monoisotopic (exact) mass is 419 g/mol. The number of methoxy groups -OCH3 is 1. The van der Waals surface area contributed by atoms with E-state index in [0.717, 1.165) is 41.6 Å². The predicted octanol–water partition coefficient (Wildman–Crippen LogP) is 4.64. The Bertz CT molecular complexity index is 971. The molecule has 0 unspecified atom stereocenters. The first-order valence-corrected chi connectivity index (χ1v) is 10.9. The smallest absolute Gasteiger partial charge is 0.254 e. The third-order valence-electron chi connectivity index (χ3n) is 5.24. The minimum absolute atomic E-state index is 0.0515. The largest absolute Gasteiger partial charge is 0.497 e. The number of hydrogen-bond acceptors (Lipinski definition) is 5. The fraction of sp³-hybridized carbons (Fsp3) is 0.250. The molecule has 0 atom stereocenters. The van der Waals surface area contributed by atoms with E-state index < -0.39 is 0 Å². The van der Waals surface area contributed by atoms with E-state index in [2.05, 4.69) is 27.3 Å². The SMILES string of the molecule is COc1ccc(N2CCC(NC(=O)c3cccnc3Sc3ccccc3)CC2)cc1. The summed E-state index contributed by atoms with van der Waals surface area (Å²) >= 11 is 1.51. The Labute approximate surface area is 181 Å². The van der Waals surface area contributed by atoms with Gasteiger partial charge < -0.3 is 15.0 Å². The van der Waals surface area contributed by atoms with Crippen molar-refractivity contribution in [1.29, 1.82) is 0 Å². The van der Waals surface area contributed by atoms with Crippen LogP contribution in [-0.2, 0) is 0 Å². The van der Waals surface area contributed by atoms with Crippen LogP contribution in [0.15, 0.2) is 82.8 Å². The summed E-state index contributed by atoms with van der Waals surface area (Å²) in [7, 11) is 1.68. The van der Waals surface area contributed by atoms with Gasteiger partial charge in [-0.3, -0.25) is 4.79 Å². The summed E-state index contributed by atoms with van der Waals surface area (Å²) in [5.74, 6) is 0.811. The van der Waals surface area contributed by atoms with Crippen LogP contribution in [0.25, 0.3) is 0 Å². The average molecular weight is 420 g/mol. The maximum atomic E-state index is 13.0. The van der Waals surface area contributed by atoms with Crippen molar-refractivity contribution < 1.29 is 9.53 Å². The molecule has 5 nitrogen and oxygen atoms in total. The number of hydrogen-bond donors (Lipinski definition) is 1. The van der Waals surface area contributed by atoms with Gasteiger partial charge >= 0.3 is 0 Å². The highest BCUT2D eigenvalue weighted by molar-refractivity contribution is 7.99. The van der Waals surface area contributed by atoms with Crippen molar-refractivity contribution in [2.75, 3.05) is 25.1 Å². The number of carbonyl (C=O) groups is 1. The van der Waals surface area contributed by atoms with Gasteiger partial charge in [0.2, 0.25) is 0 Å². The van der Waals surface area contributed by atoms with Gasteiger partial charge in [0.1, 0.15) is 10.8 Å². The van der Waals surface area contributed by atoms with Crippen molar-refractivity contribution in [3.63, 3.8) is 0 Å². The van der Waals surface area contributed by atoms with Gasteiger partial charge in [0.25, 0.3) is 5.91 Å². The molecule has 1 saturated heterocycles. The van der Waals surface area contributed by atoms with E-state index in [4.69, 9.17) is 4.74 Å². The Morgan fingerprint density at radius 1 is 1.03 bits per heavy atom. The number of ether oxygens (including phenoxy) is 1. The summed E-state index contributed by atoms with van der Waals surface area (Å²) in [4.78, 5) is 20.8. The molecule has 2 heterocycles. The number of nitrogens with zero attached hydrogens (tertiary/aromatic N) is 2. The van der Waals surface area contributed by atoms with Crippen LogP contribution in [0.3, 0.4) is 0 Å². The highest BCUT2D eigenvalue weighted by Gasteiger charge is 2.23. The quantitative estimate of drug-likeness (QED) is 0.631. The zero-order chi connectivity index (χ0) is 20.8. The normalized spacial score (nSPS) is 14.4. The van der Waals surface area contributed by atoms with Gasteiger partial charge in [0.05, 0.1) is 12.7 Å². The highest BCUT2D eigenvalue weighted by Crippen LogP contribution is 2.29. The molecule has 1 aliphatic heterocycles. The van der Waals surface area contributed by atoms with Crippen LogP contribution in [0.2, 0.25) is 0 Å². The van der Waals surface area contributed by atoms with Gasteiger partial charge in [-0.05, 0) is 61.4 Å². The number of anilines is 1. The van der Waals surface area contributed by atoms with E-state index >= 15 is 0 Å². The number of nitrogens with one attached hydrogen (secondary N) is 1. The number of amides is 1. The van der Waals surface area contributed by atoms with Gasteiger partial charge in [-0.25, -0.2) is 4.98 Å². The van der Waals surface area contributed by atoms with E-state index in [0.29, 0.717) is 5.56 Å². The average Bonchev–Trinajstić information content (AvgIpc) is 2.81. The lowest BCUT2D eigenvalue weighted by molar-refractivity contribution is 0.0927. The lowest BCUT2D eigenvalue weighted by Gasteiger charge is -2.34. The van der Waals surface area contributed by atoms with E-state index in [-0.39, 0.29) is 11.9 Å². The van der Waals surface area contributed by atoms with Gasteiger partial charge in [-0.15, -0.1) is 0 Å². The summed E-state index contributed by atoms with van der Waals surface area (Å²) in [5.41, 5.74) is 1.82. The number of carbonyl (C=O) groups excluding carboxylic acids is 1. The summed E-state index contributed by atoms with van der Waals surface area (Å²) in [6.07, 6.45) is 3.56. The second-order valence-electron chi connectivity index (χ2n) is 7.20. The second-order valence-corrected chi connectivity index (χ2v) is 8.27. The van der Waals surface area contributed by atoms with Gasteiger partial charge in [-0.1, -0.05) is 30.0 Å². The summed E-state index contributed by atoms with van der Waals surface area (Å²) in [5, 5.41) is 3.95. The minimum atomic E-state index is -0.0515. The van der Waals surface area contributed by atoms with Crippen molar-refractivity contribution in [3.8, 4) is 5.75 Å². The predicted molar refractivity (Wildman–Crippen MR) is 120 cm³/mol. The van der Waals surface area contributed by atoms with Crippen molar-refractivity contribution in [1.82, 2.24) is 10.3 Å². The molecule has 1 fully saturated rings. The van der Waals surface area contributed by atoms with Crippen molar-refractivity contribution in [2.24, 2.45) is 0 Å². The molecule has 1 aromatic heterocycles. The number of aromatic nitrogens is 1. The molecule has 1 N–H and O–H groups in total. The maximum absolute atomic E-state index is 13.0. The minimum Gasteiger partial charge on any atom is -0.497 e. The fourth-order valence-electron chi connectivity index (χ4n) is 3.58. The van der Waals surface area contributed by atoms with Crippen LogP contribution >= 0.6 is 11.8 Å². The van der Waals surface area contributed by atoms with Crippen molar-refractivity contribution in [2.45, 2.75) is 28.8 Å². The molecule has 6 heteroatoms. The summed E-state index contributed by atoms with van der Waals surface area (Å²) in [6.45, 7) is 1.83. The van der Waals surface area contributed by atoms with E-state index in [1.807, 2.05) is 54.6 Å². The Hall–Kier alpha value is -2.99. The Morgan fingerprint density at radius 3 is 2.47 bits per heavy atom. The van der Waals surface area contributed by atoms with Crippen molar-refractivity contribution in [3.05, 3.63) is 78.5 Å². The first-order chi connectivity index (χ1) is 14.7. The zero-order valence-electron chi connectivity index (χ0n) is 17.0. The lowest BCUT2D eigenvalue weighted by Crippen LogP contribution is -2.44. The van der Waals surface area contributed by atoms with E-state index in [9.17, 15) is 4.79 Å². The summed E-state index contributed by atoms with van der Waals surface area (Å²) < 4.78 is 5.23. The molecular weight excluding hydrogens is 394 g/mol. The first kappa shape index (κ1) is 20.3. The van der Waals surface area contributed by atoms with Crippen LogP contribution < -0.4 is 15.0 Å². The molecule has 2 aromatic carbocycles. The van der Waals surface area contributed by atoms with Crippen LogP contribution in [0.5, 0.6) is 5.75 Å². The molecule has 154 valence electrons. The van der Waals surface area contributed by atoms with Crippen molar-refractivity contribution >= 4 is 23.4 Å². The Morgan fingerprint density at radius 2 is 1.77 bits per heavy atom. The van der Waals surface area contributed by atoms with Gasteiger partial charge in [-0.2, -0.15) is 0 Å². The molecule has 0 spiro atoms. The molecule has 0 bridgehead atoms.